The second-order valence-corrected chi connectivity index (χ2v) is 9.15. The molecule has 1 aliphatic heterocycles. The number of hydrogen-bond acceptors (Lipinski definition) is 6. The standard InChI is InChI=1S/C24H22N2O3S2/c1-14-5-7-16(8-6-14)13-19-22(27)26-21(17-9-11-18(30-4)12-10-17)20(23(28)29-3)15(2)25-24(26)31-19/h5-13,21H,1-4H3/b19-13+. The molecule has 0 radical (unpaired) electrons. The topological polar surface area (TPSA) is 60.7 Å². The van der Waals surface area contributed by atoms with Crippen LogP contribution in [0.3, 0.4) is 0 Å². The number of allylic oxidation sites excluding steroid dienone is 1. The molecule has 1 unspecified atom stereocenters. The van der Waals surface area contributed by atoms with Crippen LogP contribution in [0.15, 0.2) is 74.5 Å². The van der Waals surface area contributed by atoms with Crippen molar-refractivity contribution in [3.8, 4) is 0 Å². The van der Waals surface area contributed by atoms with Crippen molar-refractivity contribution in [2.24, 2.45) is 4.99 Å². The largest absolute Gasteiger partial charge is 0.466 e. The third-order valence-corrected chi connectivity index (χ3v) is 6.96. The van der Waals surface area contributed by atoms with Gasteiger partial charge in [-0.15, -0.1) is 11.8 Å². The van der Waals surface area contributed by atoms with Gasteiger partial charge in [-0.25, -0.2) is 9.79 Å². The molecule has 158 valence electrons. The highest BCUT2D eigenvalue weighted by Crippen LogP contribution is 2.31. The van der Waals surface area contributed by atoms with Crippen LogP contribution in [0, 0.1) is 6.92 Å². The predicted molar refractivity (Wildman–Crippen MR) is 125 cm³/mol. The summed E-state index contributed by atoms with van der Waals surface area (Å²) in [5.41, 5.74) is 3.72. The number of thiazole rings is 1. The number of methoxy groups -OCH3 is 1. The van der Waals surface area contributed by atoms with Gasteiger partial charge in [0.05, 0.1) is 29.0 Å². The monoisotopic (exact) mass is 450 g/mol. The number of rotatable bonds is 4. The second-order valence-electron chi connectivity index (χ2n) is 7.26. The summed E-state index contributed by atoms with van der Waals surface area (Å²) in [4.78, 5) is 32.4. The number of carbonyl (C=O) groups excluding carboxylic acids is 1. The molecular weight excluding hydrogens is 428 g/mol. The molecule has 2 aromatic carbocycles. The number of fused-ring (bicyclic) bond motifs is 1. The SMILES string of the molecule is COC(=O)C1=C(C)N=c2s/c(=C/c3ccc(C)cc3)c(=O)n2C1c1ccc(SC)cc1. The van der Waals surface area contributed by atoms with E-state index in [-0.39, 0.29) is 5.56 Å². The van der Waals surface area contributed by atoms with E-state index < -0.39 is 12.0 Å². The van der Waals surface area contributed by atoms with Gasteiger partial charge in [-0.05, 0) is 49.4 Å². The molecule has 0 aliphatic carbocycles. The predicted octanol–water partition coefficient (Wildman–Crippen LogP) is 3.44. The van der Waals surface area contributed by atoms with Crippen LogP contribution in [0.5, 0.6) is 0 Å². The molecule has 0 amide bonds. The van der Waals surface area contributed by atoms with Gasteiger partial charge in [0, 0.05) is 4.90 Å². The Morgan fingerprint density at radius 3 is 2.42 bits per heavy atom. The molecule has 1 atom stereocenters. The summed E-state index contributed by atoms with van der Waals surface area (Å²) in [5.74, 6) is -0.479. The third kappa shape index (κ3) is 4.03. The average molecular weight is 451 g/mol. The van der Waals surface area contributed by atoms with Crippen LogP contribution in [0.4, 0.5) is 0 Å². The number of nitrogens with zero attached hydrogens (tertiary/aromatic N) is 2. The Morgan fingerprint density at radius 2 is 1.81 bits per heavy atom. The maximum absolute atomic E-state index is 13.5. The molecule has 31 heavy (non-hydrogen) atoms. The number of benzene rings is 2. The number of esters is 1. The molecule has 0 saturated carbocycles. The van der Waals surface area contributed by atoms with E-state index in [9.17, 15) is 9.59 Å². The van der Waals surface area contributed by atoms with Gasteiger partial charge >= 0.3 is 5.97 Å². The first-order chi connectivity index (χ1) is 14.9. The Labute approximate surface area is 188 Å². The van der Waals surface area contributed by atoms with Crippen molar-refractivity contribution in [1.82, 2.24) is 4.57 Å². The quantitative estimate of drug-likeness (QED) is 0.451. The van der Waals surface area contributed by atoms with Gasteiger partial charge in [0.15, 0.2) is 4.80 Å². The lowest BCUT2D eigenvalue weighted by Gasteiger charge is -2.24. The minimum atomic E-state index is -0.584. The van der Waals surface area contributed by atoms with E-state index in [2.05, 4.69) is 4.99 Å². The first-order valence-electron chi connectivity index (χ1n) is 9.74. The summed E-state index contributed by atoms with van der Waals surface area (Å²) in [6.07, 6.45) is 3.88. The summed E-state index contributed by atoms with van der Waals surface area (Å²) < 4.78 is 7.23. The molecule has 2 heterocycles. The highest BCUT2D eigenvalue weighted by atomic mass is 32.2. The average Bonchev–Trinajstić information content (AvgIpc) is 3.08. The summed E-state index contributed by atoms with van der Waals surface area (Å²) >= 11 is 2.97. The number of aromatic nitrogens is 1. The van der Waals surface area contributed by atoms with E-state index in [4.69, 9.17) is 4.74 Å². The van der Waals surface area contributed by atoms with Gasteiger partial charge in [0.2, 0.25) is 0 Å². The molecule has 0 N–H and O–H groups in total. The molecule has 4 rings (SSSR count). The fourth-order valence-electron chi connectivity index (χ4n) is 3.61. The normalized spacial score (nSPS) is 16.1. The highest BCUT2D eigenvalue weighted by Gasteiger charge is 2.33. The molecule has 7 heteroatoms. The summed E-state index contributed by atoms with van der Waals surface area (Å²) in [6.45, 7) is 3.81. The molecule has 0 fully saturated rings. The minimum Gasteiger partial charge on any atom is -0.466 e. The van der Waals surface area contributed by atoms with Crippen molar-refractivity contribution in [2.75, 3.05) is 13.4 Å². The van der Waals surface area contributed by atoms with E-state index in [0.717, 1.165) is 21.6 Å². The van der Waals surface area contributed by atoms with E-state index >= 15 is 0 Å². The fraction of sp³-hybridized carbons (Fsp3) is 0.208. The Morgan fingerprint density at radius 1 is 1.13 bits per heavy atom. The van der Waals surface area contributed by atoms with E-state index in [1.165, 1.54) is 18.4 Å². The van der Waals surface area contributed by atoms with Crippen molar-refractivity contribution < 1.29 is 9.53 Å². The summed E-state index contributed by atoms with van der Waals surface area (Å²) in [6, 6.07) is 15.3. The van der Waals surface area contributed by atoms with Crippen molar-refractivity contribution in [3.05, 3.63) is 96.2 Å². The molecule has 5 nitrogen and oxygen atoms in total. The van der Waals surface area contributed by atoms with Gasteiger partial charge in [0.1, 0.15) is 0 Å². The lowest BCUT2D eigenvalue weighted by Crippen LogP contribution is -2.39. The lowest BCUT2D eigenvalue weighted by atomic mass is 9.96. The van der Waals surface area contributed by atoms with Crippen LogP contribution in [0.1, 0.15) is 29.7 Å². The van der Waals surface area contributed by atoms with E-state index in [1.54, 1.807) is 23.3 Å². The lowest BCUT2D eigenvalue weighted by molar-refractivity contribution is -0.136. The Balaban J connectivity index is 1.94. The Kier molecular flexibility index (Phi) is 5.98. The van der Waals surface area contributed by atoms with Crippen molar-refractivity contribution in [2.45, 2.75) is 24.8 Å². The molecule has 1 aromatic heterocycles. The Bertz CT molecular complexity index is 1350. The number of ether oxygens (including phenoxy) is 1. The van der Waals surface area contributed by atoms with Crippen molar-refractivity contribution in [1.29, 1.82) is 0 Å². The van der Waals surface area contributed by atoms with Crippen LogP contribution in [-0.2, 0) is 9.53 Å². The second kappa shape index (κ2) is 8.69. The first kappa shape index (κ1) is 21.3. The molecule has 0 saturated heterocycles. The molecule has 3 aromatic rings. The maximum Gasteiger partial charge on any atom is 0.338 e. The van der Waals surface area contributed by atoms with Crippen LogP contribution in [-0.4, -0.2) is 23.9 Å². The van der Waals surface area contributed by atoms with Crippen LogP contribution in [0.2, 0.25) is 0 Å². The zero-order chi connectivity index (χ0) is 22.1. The smallest absolute Gasteiger partial charge is 0.338 e. The molecule has 0 bridgehead atoms. The summed E-state index contributed by atoms with van der Waals surface area (Å²) in [5, 5.41) is 0. The molecular formula is C24H22N2O3S2. The number of hydrogen-bond donors (Lipinski definition) is 0. The number of aryl methyl sites for hydroxylation is 1. The van der Waals surface area contributed by atoms with Gasteiger partial charge in [-0.2, -0.15) is 0 Å². The Hall–Kier alpha value is -2.90. The fourth-order valence-corrected chi connectivity index (χ4v) is 5.06. The van der Waals surface area contributed by atoms with Gasteiger partial charge in [-0.1, -0.05) is 53.3 Å². The summed E-state index contributed by atoms with van der Waals surface area (Å²) in [7, 11) is 1.35. The van der Waals surface area contributed by atoms with Gasteiger partial charge in [0.25, 0.3) is 5.56 Å². The first-order valence-corrected chi connectivity index (χ1v) is 11.8. The molecule has 0 spiro atoms. The third-order valence-electron chi connectivity index (χ3n) is 5.23. The number of thioether (sulfide) groups is 1. The number of carbonyl (C=O) groups is 1. The van der Waals surface area contributed by atoms with Crippen molar-refractivity contribution >= 4 is 35.1 Å². The van der Waals surface area contributed by atoms with Crippen LogP contribution >= 0.6 is 23.1 Å². The van der Waals surface area contributed by atoms with Gasteiger partial charge < -0.3 is 4.74 Å². The van der Waals surface area contributed by atoms with Crippen molar-refractivity contribution in [3.63, 3.8) is 0 Å². The minimum absolute atomic E-state index is 0.169. The van der Waals surface area contributed by atoms with E-state index in [0.29, 0.717) is 20.6 Å². The zero-order valence-electron chi connectivity index (χ0n) is 17.7. The van der Waals surface area contributed by atoms with Crippen LogP contribution < -0.4 is 14.9 Å². The van der Waals surface area contributed by atoms with E-state index in [1.807, 2.05) is 67.8 Å². The van der Waals surface area contributed by atoms with Crippen LogP contribution in [0.25, 0.3) is 6.08 Å². The zero-order valence-corrected chi connectivity index (χ0v) is 19.3. The highest BCUT2D eigenvalue weighted by molar-refractivity contribution is 7.98. The maximum atomic E-state index is 13.5. The molecule has 1 aliphatic rings. The van der Waals surface area contributed by atoms with Gasteiger partial charge in [-0.3, -0.25) is 9.36 Å².